The van der Waals surface area contributed by atoms with Crippen molar-refractivity contribution in [1.29, 1.82) is 0 Å². The number of nitrogens with one attached hydrogen (secondary N) is 1. The minimum Gasteiger partial charge on any atom is -0.469 e. The number of hydrogen-bond acceptors (Lipinski definition) is 3. The van der Waals surface area contributed by atoms with Gasteiger partial charge < -0.3 is 15.5 Å². The number of carbonyl (C=O) groups excluding carboxylic acids is 1. The zero-order valence-corrected chi connectivity index (χ0v) is 8.61. The Hall–Kier alpha value is -1.29. The molecule has 1 aliphatic rings. The molecule has 1 aliphatic carbocycles. The molecule has 82 valence electrons. The molecule has 1 unspecified atom stereocenters. The van der Waals surface area contributed by atoms with Gasteiger partial charge in [-0.1, -0.05) is 0 Å². The molecule has 4 heteroatoms. The molecule has 0 aromatic carbocycles. The Bertz CT molecular complexity index is 317. The van der Waals surface area contributed by atoms with Crippen molar-refractivity contribution in [3.05, 3.63) is 24.2 Å². The summed E-state index contributed by atoms with van der Waals surface area (Å²) >= 11 is 0. The van der Waals surface area contributed by atoms with Crippen LogP contribution < -0.4 is 11.1 Å². The van der Waals surface area contributed by atoms with E-state index in [1.807, 2.05) is 12.1 Å². The summed E-state index contributed by atoms with van der Waals surface area (Å²) in [5, 5.41) is 2.96. The zero-order valence-electron chi connectivity index (χ0n) is 8.61. The maximum atomic E-state index is 11.7. The van der Waals surface area contributed by atoms with Crippen LogP contribution >= 0.6 is 0 Å². The number of furan rings is 1. The summed E-state index contributed by atoms with van der Waals surface area (Å²) in [4.78, 5) is 11.7. The van der Waals surface area contributed by atoms with Crippen molar-refractivity contribution in [3.63, 3.8) is 0 Å². The predicted octanol–water partition coefficient (Wildman–Crippen LogP) is 0.676. The fraction of sp³-hybridized carbons (Fsp3) is 0.545. The van der Waals surface area contributed by atoms with Gasteiger partial charge in [0.05, 0.1) is 12.2 Å². The highest BCUT2D eigenvalue weighted by Crippen LogP contribution is 2.19. The average Bonchev–Trinajstić information content (AvgIpc) is 2.89. The molecule has 0 saturated heterocycles. The van der Waals surface area contributed by atoms with Crippen LogP contribution in [0.5, 0.6) is 0 Å². The monoisotopic (exact) mass is 208 g/mol. The van der Waals surface area contributed by atoms with Crippen LogP contribution in [0, 0.1) is 5.92 Å². The summed E-state index contributed by atoms with van der Waals surface area (Å²) in [6.07, 6.45) is 4.40. The molecule has 15 heavy (non-hydrogen) atoms. The van der Waals surface area contributed by atoms with Crippen molar-refractivity contribution in [2.24, 2.45) is 11.7 Å². The van der Waals surface area contributed by atoms with E-state index in [1.165, 1.54) is 0 Å². The van der Waals surface area contributed by atoms with E-state index in [4.69, 9.17) is 10.2 Å². The van der Waals surface area contributed by atoms with Gasteiger partial charge in [-0.2, -0.15) is 0 Å². The van der Waals surface area contributed by atoms with Crippen LogP contribution in [-0.2, 0) is 11.2 Å². The van der Waals surface area contributed by atoms with Gasteiger partial charge in [0.1, 0.15) is 5.76 Å². The first-order chi connectivity index (χ1) is 7.29. The van der Waals surface area contributed by atoms with Crippen molar-refractivity contribution < 1.29 is 9.21 Å². The van der Waals surface area contributed by atoms with E-state index in [0.717, 1.165) is 18.6 Å². The molecule has 1 heterocycles. The molecule has 3 N–H and O–H groups in total. The van der Waals surface area contributed by atoms with Crippen LogP contribution in [-0.4, -0.2) is 18.5 Å². The summed E-state index contributed by atoms with van der Waals surface area (Å²) in [5.41, 5.74) is 5.58. The number of carbonyl (C=O) groups is 1. The lowest BCUT2D eigenvalue weighted by atomic mass is 10.0. The van der Waals surface area contributed by atoms with Crippen molar-refractivity contribution in [1.82, 2.24) is 5.32 Å². The summed E-state index contributed by atoms with van der Waals surface area (Å²) in [6, 6.07) is 4.08. The Balaban J connectivity index is 1.88. The molecular weight excluding hydrogens is 192 g/mol. The van der Waals surface area contributed by atoms with E-state index in [2.05, 4.69) is 5.32 Å². The lowest BCUT2D eigenvalue weighted by Crippen LogP contribution is -2.37. The van der Waals surface area contributed by atoms with E-state index in [0.29, 0.717) is 19.0 Å². The molecular formula is C11H16N2O2. The number of amides is 1. The first kappa shape index (κ1) is 10.2. The third kappa shape index (κ3) is 2.83. The quantitative estimate of drug-likeness (QED) is 0.747. The molecule has 1 atom stereocenters. The predicted molar refractivity (Wildman–Crippen MR) is 56.1 cm³/mol. The molecule has 1 amide bonds. The molecule has 1 aromatic rings. The second-order valence-corrected chi connectivity index (χ2v) is 4.00. The van der Waals surface area contributed by atoms with E-state index in [9.17, 15) is 4.79 Å². The van der Waals surface area contributed by atoms with Crippen molar-refractivity contribution in [2.75, 3.05) is 6.54 Å². The average molecular weight is 208 g/mol. The first-order valence-corrected chi connectivity index (χ1v) is 5.32. The minimum atomic E-state index is -0.170. The molecule has 1 saturated carbocycles. The minimum absolute atomic E-state index is 0.0522. The van der Waals surface area contributed by atoms with Crippen LogP contribution in [0.2, 0.25) is 0 Å². The largest absolute Gasteiger partial charge is 0.469 e. The van der Waals surface area contributed by atoms with E-state index in [-0.39, 0.29) is 11.8 Å². The fourth-order valence-electron chi connectivity index (χ4n) is 1.50. The van der Waals surface area contributed by atoms with Crippen LogP contribution in [0.15, 0.2) is 22.8 Å². The van der Waals surface area contributed by atoms with Gasteiger partial charge in [-0.15, -0.1) is 0 Å². The summed E-state index contributed by atoms with van der Waals surface area (Å²) in [7, 11) is 0. The summed E-state index contributed by atoms with van der Waals surface area (Å²) < 4.78 is 5.20. The van der Waals surface area contributed by atoms with Gasteiger partial charge in [-0.05, 0) is 25.0 Å². The SMILES string of the molecule is NCC(Cc1ccco1)C(=O)NC1CC1. The van der Waals surface area contributed by atoms with Crippen LogP contribution in [0.1, 0.15) is 18.6 Å². The Morgan fingerprint density at radius 1 is 1.67 bits per heavy atom. The first-order valence-electron chi connectivity index (χ1n) is 5.32. The molecule has 1 fully saturated rings. The Morgan fingerprint density at radius 2 is 2.47 bits per heavy atom. The second kappa shape index (κ2) is 4.49. The number of nitrogens with two attached hydrogens (primary N) is 1. The van der Waals surface area contributed by atoms with Crippen molar-refractivity contribution in [2.45, 2.75) is 25.3 Å². The normalized spacial score (nSPS) is 17.4. The molecule has 0 aliphatic heterocycles. The Labute approximate surface area is 88.8 Å². The van der Waals surface area contributed by atoms with Gasteiger partial charge in [-0.25, -0.2) is 0 Å². The molecule has 4 nitrogen and oxygen atoms in total. The van der Waals surface area contributed by atoms with Gasteiger partial charge >= 0.3 is 0 Å². The molecule has 0 spiro atoms. The second-order valence-electron chi connectivity index (χ2n) is 4.00. The van der Waals surface area contributed by atoms with E-state index in [1.54, 1.807) is 6.26 Å². The summed E-state index contributed by atoms with van der Waals surface area (Å²) in [6.45, 7) is 0.360. The topological polar surface area (TPSA) is 68.3 Å². The van der Waals surface area contributed by atoms with Crippen LogP contribution in [0.3, 0.4) is 0 Å². The standard InChI is InChI=1S/C11H16N2O2/c12-7-8(6-10-2-1-5-15-10)11(14)13-9-3-4-9/h1-2,5,8-9H,3-4,6-7,12H2,(H,13,14). The van der Waals surface area contributed by atoms with Crippen molar-refractivity contribution in [3.8, 4) is 0 Å². The smallest absolute Gasteiger partial charge is 0.225 e. The van der Waals surface area contributed by atoms with E-state index >= 15 is 0 Å². The van der Waals surface area contributed by atoms with Gasteiger partial charge in [0.2, 0.25) is 5.91 Å². The van der Waals surface area contributed by atoms with Crippen LogP contribution in [0.25, 0.3) is 0 Å². The highest BCUT2D eigenvalue weighted by Gasteiger charge is 2.27. The van der Waals surface area contributed by atoms with Gasteiger partial charge in [-0.3, -0.25) is 4.79 Å². The maximum Gasteiger partial charge on any atom is 0.225 e. The third-order valence-electron chi connectivity index (χ3n) is 2.61. The highest BCUT2D eigenvalue weighted by molar-refractivity contribution is 5.79. The summed E-state index contributed by atoms with van der Waals surface area (Å²) in [5.74, 6) is 0.699. The lowest BCUT2D eigenvalue weighted by molar-refractivity contribution is -0.124. The Kier molecular flexibility index (Phi) is 3.06. The van der Waals surface area contributed by atoms with Gasteiger partial charge in [0.15, 0.2) is 0 Å². The maximum absolute atomic E-state index is 11.7. The Morgan fingerprint density at radius 3 is 3.00 bits per heavy atom. The van der Waals surface area contributed by atoms with E-state index < -0.39 is 0 Å². The van der Waals surface area contributed by atoms with Gasteiger partial charge in [0, 0.05) is 19.0 Å². The molecule has 1 aromatic heterocycles. The van der Waals surface area contributed by atoms with Crippen LogP contribution in [0.4, 0.5) is 0 Å². The molecule has 0 bridgehead atoms. The zero-order chi connectivity index (χ0) is 10.7. The molecule has 2 rings (SSSR count). The van der Waals surface area contributed by atoms with Crippen molar-refractivity contribution >= 4 is 5.91 Å². The number of rotatable bonds is 5. The highest BCUT2D eigenvalue weighted by atomic mass is 16.3. The lowest BCUT2D eigenvalue weighted by Gasteiger charge is -2.12. The fourth-order valence-corrected chi connectivity index (χ4v) is 1.50. The van der Waals surface area contributed by atoms with Gasteiger partial charge in [0.25, 0.3) is 0 Å². The third-order valence-corrected chi connectivity index (χ3v) is 2.61. The number of hydrogen-bond donors (Lipinski definition) is 2. The molecule has 0 radical (unpaired) electrons.